The lowest BCUT2D eigenvalue weighted by Crippen LogP contribution is -2.36. The van der Waals surface area contributed by atoms with E-state index in [1.54, 1.807) is 0 Å². The highest BCUT2D eigenvalue weighted by atomic mass is 16.5. The monoisotopic (exact) mass is 276 g/mol. The van der Waals surface area contributed by atoms with Crippen molar-refractivity contribution in [2.75, 3.05) is 0 Å². The molecule has 3 heteroatoms. The third-order valence-electron chi connectivity index (χ3n) is 4.43. The van der Waals surface area contributed by atoms with Gasteiger partial charge in [0.05, 0.1) is 5.56 Å². The summed E-state index contributed by atoms with van der Waals surface area (Å²) in [7, 11) is 1.94. The first kappa shape index (κ1) is 15.0. The summed E-state index contributed by atoms with van der Waals surface area (Å²) in [5.41, 5.74) is 0.642. The number of esters is 1. The van der Waals surface area contributed by atoms with Crippen molar-refractivity contribution in [2.45, 2.75) is 46.1 Å². The standard InChI is InChI=1S/C17H26NO2/c1-12(2)15-6-5-13(3)11-16(15)20-17(19)14-7-9-18(4)10-8-14/h7-10,12-13,15-16H,5-6,11H2,1-4H3/q+1/t13-,15-,16-/m1/s1. The molecule has 1 heterocycles. The van der Waals surface area contributed by atoms with Crippen molar-refractivity contribution in [3.8, 4) is 0 Å². The Morgan fingerprint density at radius 1 is 1.30 bits per heavy atom. The van der Waals surface area contributed by atoms with Crippen LogP contribution in [0.1, 0.15) is 50.4 Å². The summed E-state index contributed by atoms with van der Waals surface area (Å²) in [6.45, 7) is 6.70. The summed E-state index contributed by atoms with van der Waals surface area (Å²) in [5, 5.41) is 0. The Labute approximate surface area is 122 Å². The minimum Gasteiger partial charge on any atom is -0.458 e. The van der Waals surface area contributed by atoms with Gasteiger partial charge >= 0.3 is 5.97 Å². The maximum atomic E-state index is 12.3. The van der Waals surface area contributed by atoms with Gasteiger partial charge in [-0.2, -0.15) is 0 Å². The molecule has 0 amide bonds. The number of ether oxygens (including phenoxy) is 1. The fourth-order valence-electron chi connectivity index (χ4n) is 3.09. The Balaban J connectivity index is 2.05. The van der Waals surface area contributed by atoms with E-state index in [0.717, 1.165) is 6.42 Å². The molecule has 0 aliphatic heterocycles. The highest BCUT2D eigenvalue weighted by molar-refractivity contribution is 5.89. The van der Waals surface area contributed by atoms with Gasteiger partial charge in [-0.1, -0.05) is 27.2 Å². The number of pyridine rings is 1. The van der Waals surface area contributed by atoms with Gasteiger partial charge in [0.25, 0.3) is 0 Å². The Morgan fingerprint density at radius 2 is 1.95 bits per heavy atom. The smallest absolute Gasteiger partial charge is 0.338 e. The van der Waals surface area contributed by atoms with Crippen LogP contribution < -0.4 is 4.57 Å². The molecule has 20 heavy (non-hydrogen) atoms. The maximum absolute atomic E-state index is 12.3. The van der Waals surface area contributed by atoms with Gasteiger partial charge in [-0.3, -0.25) is 0 Å². The van der Waals surface area contributed by atoms with Crippen molar-refractivity contribution in [1.29, 1.82) is 0 Å². The molecule has 0 aromatic carbocycles. The van der Waals surface area contributed by atoms with Gasteiger partial charge < -0.3 is 4.74 Å². The second-order valence-electron chi connectivity index (χ2n) is 6.52. The molecule has 2 rings (SSSR count). The second-order valence-corrected chi connectivity index (χ2v) is 6.52. The van der Waals surface area contributed by atoms with Gasteiger partial charge in [-0.15, -0.1) is 0 Å². The Morgan fingerprint density at radius 3 is 2.55 bits per heavy atom. The summed E-state index contributed by atoms with van der Waals surface area (Å²) in [5.74, 6) is 1.52. The number of hydrogen-bond donors (Lipinski definition) is 0. The van der Waals surface area contributed by atoms with Crippen molar-refractivity contribution < 1.29 is 14.1 Å². The molecule has 0 spiro atoms. The summed E-state index contributed by atoms with van der Waals surface area (Å²) in [6.07, 6.45) is 7.23. The van der Waals surface area contributed by atoms with E-state index in [0.29, 0.717) is 23.3 Å². The number of rotatable bonds is 3. The normalized spacial score (nSPS) is 26.6. The highest BCUT2D eigenvalue weighted by Crippen LogP contribution is 2.35. The average Bonchev–Trinajstić information content (AvgIpc) is 2.39. The summed E-state index contributed by atoms with van der Waals surface area (Å²) in [6, 6.07) is 3.64. The van der Waals surface area contributed by atoms with Gasteiger partial charge in [-0.05, 0) is 30.6 Å². The zero-order chi connectivity index (χ0) is 14.7. The molecule has 1 aromatic heterocycles. The zero-order valence-electron chi connectivity index (χ0n) is 13.0. The van der Waals surface area contributed by atoms with E-state index < -0.39 is 0 Å². The zero-order valence-corrected chi connectivity index (χ0v) is 13.0. The van der Waals surface area contributed by atoms with Crippen LogP contribution in [0.25, 0.3) is 0 Å². The molecule has 1 aromatic rings. The van der Waals surface area contributed by atoms with E-state index in [1.807, 2.05) is 36.1 Å². The molecule has 0 unspecified atom stereocenters. The van der Waals surface area contributed by atoms with Crippen LogP contribution in [0.3, 0.4) is 0 Å². The lowest BCUT2D eigenvalue weighted by Gasteiger charge is -2.36. The third kappa shape index (κ3) is 3.59. The summed E-state index contributed by atoms with van der Waals surface area (Å²) in [4.78, 5) is 12.3. The molecule has 110 valence electrons. The summed E-state index contributed by atoms with van der Waals surface area (Å²) < 4.78 is 7.73. The molecular weight excluding hydrogens is 250 g/mol. The van der Waals surface area contributed by atoms with Crippen LogP contribution in [0.4, 0.5) is 0 Å². The van der Waals surface area contributed by atoms with Crippen molar-refractivity contribution in [2.24, 2.45) is 24.8 Å². The van der Waals surface area contributed by atoms with E-state index in [-0.39, 0.29) is 12.1 Å². The first-order valence-corrected chi connectivity index (χ1v) is 7.63. The van der Waals surface area contributed by atoms with Gasteiger partial charge in [0.15, 0.2) is 12.4 Å². The first-order chi connectivity index (χ1) is 9.47. The number of hydrogen-bond acceptors (Lipinski definition) is 2. The van der Waals surface area contributed by atoms with E-state index >= 15 is 0 Å². The lowest BCUT2D eigenvalue weighted by molar-refractivity contribution is -0.671. The maximum Gasteiger partial charge on any atom is 0.338 e. The van der Waals surface area contributed by atoms with Crippen LogP contribution >= 0.6 is 0 Å². The van der Waals surface area contributed by atoms with Gasteiger partial charge in [0.1, 0.15) is 13.2 Å². The van der Waals surface area contributed by atoms with Crippen LogP contribution in [0.5, 0.6) is 0 Å². The molecule has 3 atom stereocenters. The Kier molecular flexibility index (Phi) is 4.79. The number of carbonyl (C=O) groups excluding carboxylic acids is 1. The fraction of sp³-hybridized carbons (Fsp3) is 0.647. The fourth-order valence-corrected chi connectivity index (χ4v) is 3.09. The average molecular weight is 276 g/mol. The van der Waals surface area contributed by atoms with Crippen LogP contribution in [-0.4, -0.2) is 12.1 Å². The number of aryl methyl sites for hydroxylation is 1. The lowest BCUT2D eigenvalue weighted by atomic mass is 9.75. The molecule has 0 saturated heterocycles. The highest BCUT2D eigenvalue weighted by Gasteiger charge is 2.33. The van der Waals surface area contributed by atoms with Gasteiger partial charge in [0.2, 0.25) is 0 Å². The van der Waals surface area contributed by atoms with Crippen LogP contribution in [0, 0.1) is 17.8 Å². The van der Waals surface area contributed by atoms with Crippen molar-refractivity contribution in [3.63, 3.8) is 0 Å². The van der Waals surface area contributed by atoms with E-state index in [1.165, 1.54) is 12.8 Å². The first-order valence-electron chi connectivity index (χ1n) is 7.63. The van der Waals surface area contributed by atoms with Crippen LogP contribution in [-0.2, 0) is 11.8 Å². The predicted molar refractivity (Wildman–Crippen MR) is 78.2 cm³/mol. The van der Waals surface area contributed by atoms with E-state index in [2.05, 4.69) is 20.8 Å². The minimum absolute atomic E-state index is 0.0696. The molecule has 1 fully saturated rings. The van der Waals surface area contributed by atoms with Gasteiger partial charge in [0, 0.05) is 12.1 Å². The Hall–Kier alpha value is -1.38. The van der Waals surface area contributed by atoms with Crippen LogP contribution in [0.2, 0.25) is 0 Å². The molecule has 1 aliphatic rings. The molecule has 1 aliphatic carbocycles. The van der Waals surface area contributed by atoms with Crippen molar-refractivity contribution in [1.82, 2.24) is 0 Å². The minimum atomic E-state index is -0.185. The summed E-state index contributed by atoms with van der Waals surface area (Å²) >= 11 is 0. The van der Waals surface area contributed by atoms with E-state index in [4.69, 9.17) is 4.74 Å². The van der Waals surface area contributed by atoms with Crippen molar-refractivity contribution >= 4 is 5.97 Å². The van der Waals surface area contributed by atoms with Crippen LogP contribution in [0.15, 0.2) is 24.5 Å². The Bertz CT molecular complexity index is 453. The largest absolute Gasteiger partial charge is 0.458 e. The number of carbonyl (C=O) groups is 1. The molecule has 3 nitrogen and oxygen atoms in total. The number of aromatic nitrogens is 1. The van der Waals surface area contributed by atoms with Crippen molar-refractivity contribution in [3.05, 3.63) is 30.1 Å². The topological polar surface area (TPSA) is 30.2 Å². The molecule has 0 bridgehead atoms. The SMILES string of the molecule is CC(C)[C@H]1CC[C@@H](C)C[C@H]1OC(=O)c1cc[n+](C)cc1. The second kappa shape index (κ2) is 6.38. The quantitative estimate of drug-likeness (QED) is 0.627. The molecular formula is C17H26NO2+. The molecule has 0 N–H and O–H groups in total. The predicted octanol–water partition coefficient (Wildman–Crippen LogP) is 3.13. The van der Waals surface area contributed by atoms with E-state index in [9.17, 15) is 4.79 Å². The van der Waals surface area contributed by atoms with Gasteiger partial charge in [-0.25, -0.2) is 9.36 Å². The number of nitrogens with zero attached hydrogens (tertiary/aromatic N) is 1. The molecule has 0 radical (unpaired) electrons. The third-order valence-corrected chi connectivity index (χ3v) is 4.43. The molecule has 1 saturated carbocycles.